The molecule has 0 amide bonds. The molecule has 0 saturated carbocycles. The van der Waals surface area contributed by atoms with Gasteiger partial charge in [0.1, 0.15) is 0 Å². The van der Waals surface area contributed by atoms with Crippen molar-refractivity contribution in [1.29, 1.82) is 0 Å². The molecular weight excluding hydrogens is 294 g/mol. The maximum Gasteiger partial charge on any atom is 0.286 e. The smallest absolute Gasteiger partial charge is 0.286 e. The van der Waals surface area contributed by atoms with E-state index in [9.17, 15) is 4.79 Å². The third-order valence-electron chi connectivity index (χ3n) is 3.36. The monoisotopic (exact) mass is 303 g/mol. The van der Waals surface area contributed by atoms with E-state index in [1.165, 1.54) is 4.52 Å². The Bertz CT molecular complexity index is 884. The number of rotatable bonds is 1. The fraction of sp³-hybridized carbons (Fsp3) is 0.143. The second-order valence-corrected chi connectivity index (χ2v) is 6.21. The normalized spacial score (nSPS) is 13.8. The molecule has 3 heterocycles. The van der Waals surface area contributed by atoms with Gasteiger partial charge in [-0.3, -0.25) is 9.89 Å². The fourth-order valence-corrected chi connectivity index (χ4v) is 3.64. The van der Waals surface area contributed by atoms with Crippen LogP contribution in [0, 0.1) is 0 Å². The number of benzene rings is 1. The molecule has 100 valence electrons. The second kappa shape index (κ2) is 4.40. The van der Waals surface area contributed by atoms with Gasteiger partial charge >= 0.3 is 0 Å². The lowest BCUT2D eigenvalue weighted by Crippen LogP contribution is -2.17. The van der Waals surface area contributed by atoms with Crippen molar-refractivity contribution < 1.29 is 0 Å². The minimum atomic E-state index is -0.0132. The van der Waals surface area contributed by atoms with Crippen LogP contribution in [0.5, 0.6) is 0 Å². The Labute approximate surface area is 123 Å². The summed E-state index contributed by atoms with van der Waals surface area (Å²) in [5, 5.41) is 3.77. The third-order valence-corrected chi connectivity index (χ3v) is 4.71. The van der Waals surface area contributed by atoms with Crippen molar-refractivity contribution in [1.82, 2.24) is 14.6 Å². The topological polar surface area (TPSA) is 50.2 Å². The zero-order valence-corrected chi connectivity index (χ0v) is 12.0. The number of H-pyrrole nitrogens is 1. The zero-order valence-electron chi connectivity index (χ0n) is 10.4. The molecule has 20 heavy (non-hydrogen) atoms. The minimum Gasteiger partial charge on any atom is -0.289 e. The lowest BCUT2D eigenvalue weighted by molar-refractivity contribution is 0.847. The van der Waals surface area contributed by atoms with Gasteiger partial charge in [-0.25, -0.2) is 9.50 Å². The van der Waals surface area contributed by atoms with Crippen LogP contribution in [0.15, 0.2) is 40.0 Å². The Balaban J connectivity index is 1.96. The highest BCUT2D eigenvalue weighted by Gasteiger charge is 2.20. The highest BCUT2D eigenvalue weighted by molar-refractivity contribution is 7.99. The summed E-state index contributed by atoms with van der Waals surface area (Å²) < 4.78 is 1.51. The lowest BCUT2D eigenvalue weighted by atomic mass is 10.1. The Morgan fingerprint density at radius 2 is 2.25 bits per heavy atom. The highest BCUT2D eigenvalue weighted by atomic mass is 35.5. The molecule has 6 heteroatoms. The number of nitrogens with one attached hydrogen (secondary N) is 1. The van der Waals surface area contributed by atoms with Gasteiger partial charge in [-0.15, -0.1) is 11.8 Å². The number of aromatic amines is 1. The van der Waals surface area contributed by atoms with E-state index in [4.69, 9.17) is 11.6 Å². The molecular formula is C14H10ClN3OS. The average molecular weight is 304 g/mol. The predicted molar refractivity (Wildman–Crippen MR) is 80.7 cm³/mol. The largest absolute Gasteiger partial charge is 0.289 e. The molecule has 0 aliphatic carbocycles. The third kappa shape index (κ3) is 1.77. The first-order valence-electron chi connectivity index (χ1n) is 6.26. The summed E-state index contributed by atoms with van der Waals surface area (Å²) in [7, 11) is 0. The van der Waals surface area contributed by atoms with Crippen molar-refractivity contribution in [3.63, 3.8) is 0 Å². The van der Waals surface area contributed by atoms with Crippen LogP contribution >= 0.6 is 23.4 Å². The van der Waals surface area contributed by atoms with Crippen LogP contribution in [0.1, 0.15) is 5.69 Å². The van der Waals surface area contributed by atoms with Crippen LogP contribution in [0.4, 0.5) is 0 Å². The zero-order chi connectivity index (χ0) is 13.7. The number of thioether (sulfide) groups is 1. The fourth-order valence-electron chi connectivity index (χ4n) is 2.42. The molecule has 0 fully saturated rings. The molecule has 1 aliphatic heterocycles. The summed E-state index contributed by atoms with van der Waals surface area (Å²) in [5.41, 5.74) is 3.34. The number of hydrogen-bond acceptors (Lipinski definition) is 3. The van der Waals surface area contributed by atoms with Crippen molar-refractivity contribution in [3.05, 3.63) is 51.4 Å². The molecule has 4 rings (SSSR count). The Morgan fingerprint density at radius 3 is 3.10 bits per heavy atom. The molecule has 1 N–H and O–H groups in total. The quantitative estimate of drug-likeness (QED) is 0.752. The van der Waals surface area contributed by atoms with Crippen molar-refractivity contribution in [3.8, 4) is 11.3 Å². The van der Waals surface area contributed by atoms with E-state index in [2.05, 4.69) is 10.1 Å². The SMILES string of the molecule is O=c1c2c(nc3cc(-c4cccc(Cl)c4)[nH]n13)CCS2. The molecule has 0 atom stereocenters. The first-order chi connectivity index (χ1) is 9.72. The first-order valence-corrected chi connectivity index (χ1v) is 7.62. The van der Waals surface area contributed by atoms with E-state index in [0.717, 1.165) is 34.0 Å². The van der Waals surface area contributed by atoms with Crippen LogP contribution < -0.4 is 5.56 Å². The van der Waals surface area contributed by atoms with E-state index in [1.54, 1.807) is 11.8 Å². The number of aryl methyl sites for hydroxylation is 1. The summed E-state index contributed by atoms with van der Waals surface area (Å²) in [6, 6.07) is 9.40. The van der Waals surface area contributed by atoms with Crippen LogP contribution in [-0.4, -0.2) is 20.4 Å². The van der Waals surface area contributed by atoms with E-state index >= 15 is 0 Å². The molecule has 0 bridgehead atoms. The minimum absolute atomic E-state index is 0.0132. The van der Waals surface area contributed by atoms with Gasteiger partial charge in [0.05, 0.1) is 16.3 Å². The van der Waals surface area contributed by atoms with Gasteiger partial charge in [-0.05, 0) is 12.1 Å². The summed E-state index contributed by atoms with van der Waals surface area (Å²) in [5.74, 6) is 0.936. The van der Waals surface area contributed by atoms with Crippen LogP contribution in [-0.2, 0) is 6.42 Å². The maximum absolute atomic E-state index is 12.4. The van der Waals surface area contributed by atoms with Crippen molar-refractivity contribution >= 4 is 29.0 Å². The molecule has 3 aromatic rings. The number of nitrogens with zero attached hydrogens (tertiary/aromatic N) is 2. The van der Waals surface area contributed by atoms with Gasteiger partial charge < -0.3 is 0 Å². The Kier molecular flexibility index (Phi) is 2.65. The molecule has 1 aliphatic rings. The van der Waals surface area contributed by atoms with Crippen LogP contribution in [0.2, 0.25) is 5.02 Å². The van der Waals surface area contributed by atoms with Gasteiger partial charge in [0.15, 0.2) is 5.65 Å². The van der Waals surface area contributed by atoms with Crippen molar-refractivity contribution in [2.75, 3.05) is 5.75 Å². The molecule has 0 spiro atoms. The predicted octanol–water partition coefficient (Wildman–Crippen LogP) is 2.99. The van der Waals surface area contributed by atoms with Gasteiger partial charge in [-0.2, -0.15) is 0 Å². The lowest BCUT2D eigenvalue weighted by Gasteiger charge is -1.98. The molecule has 4 nitrogen and oxygen atoms in total. The summed E-state index contributed by atoms with van der Waals surface area (Å²) in [6.07, 6.45) is 0.865. The molecule has 0 radical (unpaired) electrons. The van der Waals surface area contributed by atoms with Crippen LogP contribution in [0.3, 0.4) is 0 Å². The second-order valence-electron chi connectivity index (χ2n) is 4.67. The standard InChI is InChI=1S/C14H10ClN3OS/c15-9-3-1-2-8(6-9)11-7-12-16-10-4-5-20-13(10)14(19)18(12)17-11/h1-3,6-7,17H,4-5H2. The Hall–Kier alpha value is -1.72. The Morgan fingerprint density at radius 1 is 1.35 bits per heavy atom. The summed E-state index contributed by atoms with van der Waals surface area (Å²) in [6.45, 7) is 0. The molecule has 0 unspecified atom stereocenters. The van der Waals surface area contributed by atoms with Gasteiger partial charge in [0.2, 0.25) is 0 Å². The van der Waals surface area contributed by atoms with Crippen molar-refractivity contribution in [2.45, 2.75) is 11.3 Å². The number of hydrogen-bond donors (Lipinski definition) is 1. The molecule has 1 aromatic carbocycles. The molecule has 0 saturated heterocycles. The highest BCUT2D eigenvalue weighted by Crippen LogP contribution is 2.28. The summed E-state index contributed by atoms with van der Waals surface area (Å²) in [4.78, 5) is 17.7. The average Bonchev–Trinajstić information content (AvgIpc) is 3.05. The number of aromatic nitrogens is 3. The van der Waals surface area contributed by atoms with Crippen LogP contribution in [0.25, 0.3) is 16.9 Å². The van der Waals surface area contributed by atoms with Crippen molar-refractivity contribution in [2.24, 2.45) is 0 Å². The van der Waals surface area contributed by atoms with E-state index in [0.29, 0.717) is 10.7 Å². The summed E-state index contributed by atoms with van der Waals surface area (Å²) >= 11 is 7.59. The number of fused-ring (bicyclic) bond motifs is 2. The van der Waals surface area contributed by atoms with Gasteiger partial charge in [0.25, 0.3) is 5.56 Å². The molecule has 2 aromatic heterocycles. The van der Waals surface area contributed by atoms with E-state index in [-0.39, 0.29) is 5.56 Å². The maximum atomic E-state index is 12.4. The van der Waals surface area contributed by atoms with Gasteiger partial charge in [0, 0.05) is 28.8 Å². The van der Waals surface area contributed by atoms with E-state index < -0.39 is 0 Å². The number of halogens is 1. The van der Waals surface area contributed by atoms with E-state index in [1.807, 2.05) is 30.3 Å². The first kappa shape index (κ1) is 12.1. The van der Waals surface area contributed by atoms with Gasteiger partial charge in [-0.1, -0.05) is 23.7 Å².